The lowest BCUT2D eigenvalue weighted by Crippen LogP contribution is -2.36. The highest BCUT2D eigenvalue weighted by atomic mass is 79.9. The molecule has 1 unspecified atom stereocenters. The molecule has 3 N–H and O–H groups in total. The number of anilines is 2. The fourth-order valence-corrected chi connectivity index (χ4v) is 1.58. The summed E-state index contributed by atoms with van der Waals surface area (Å²) in [5, 5.41) is 5.80. The highest BCUT2D eigenvalue weighted by Gasteiger charge is 2.22. The molecular weight excluding hydrogens is 222 g/mol. The molecular formula is C7H8BrN3O. The third kappa shape index (κ3) is 1.10. The summed E-state index contributed by atoms with van der Waals surface area (Å²) in [4.78, 5) is 14.2. The Morgan fingerprint density at radius 3 is 3.08 bits per heavy atom. The molecule has 0 aliphatic carbocycles. The third-order valence-corrected chi connectivity index (χ3v) is 2.22. The Kier molecular flexibility index (Phi) is 1.61. The van der Waals surface area contributed by atoms with E-state index in [1.807, 2.05) is 13.0 Å². The van der Waals surface area contributed by atoms with Crippen LogP contribution < -0.4 is 10.6 Å². The van der Waals surface area contributed by atoms with Gasteiger partial charge in [-0.15, -0.1) is 0 Å². The smallest absolute Gasteiger partial charge is 0.246 e. The van der Waals surface area contributed by atoms with Gasteiger partial charge in [-0.3, -0.25) is 4.79 Å². The second-order valence-electron chi connectivity index (χ2n) is 2.76. The normalized spacial score (nSPS) is 21.2. The van der Waals surface area contributed by atoms with Crippen molar-refractivity contribution in [3.8, 4) is 0 Å². The van der Waals surface area contributed by atoms with E-state index in [0.29, 0.717) is 0 Å². The van der Waals surface area contributed by atoms with E-state index >= 15 is 0 Å². The summed E-state index contributed by atoms with van der Waals surface area (Å²) >= 11 is 3.29. The van der Waals surface area contributed by atoms with Crippen LogP contribution in [0.2, 0.25) is 0 Å². The lowest BCUT2D eigenvalue weighted by atomic mass is 10.2. The minimum atomic E-state index is -0.178. The van der Waals surface area contributed by atoms with Gasteiger partial charge in [-0.05, 0) is 28.9 Å². The van der Waals surface area contributed by atoms with Gasteiger partial charge in [0, 0.05) is 0 Å². The van der Waals surface area contributed by atoms with Crippen LogP contribution in [0.15, 0.2) is 10.7 Å². The van der Waals surface area contributed by atoms with Gasteiger partial charge in [0.25, 0.3) is 0 Å². The van der Waals surface area contributed by atoms with Crippen LogP contribution in [-0.2, 0) is 4.79 Å². The molecule has 4 nitrogen and oxygen atoms in total. The number of rotatable bonds is 0. The average molecular weight is 230 g/mol. The molecule has 5 heteroatoms. The maximum absolute atomic E-state index is 11.2. The number of carbonyl (C=O) groups is 1. The molecule has 0 spiro atoms. The van der Waals surface area contributed by atoms with Crippen molar-refractivity contribution in [3.05, 3.63) is 10.7 Å². The van der Waals surface area contributed by atoms with Gasteiger partial charge < -0.3 is 15.6 Å². The number of carbonyl (C=O) groups excluding carboxylic acids is 1. The minimum Gasteiger partial charge on any atom is -0.358 e. The van der Waals surface area contributed by atoms with Crippen LogP contribution in [-0.4, -0.2) is 16.9 Å². The fraction of sp³-hybridized carbons (Fsp3) is 0.286. The molecule has 1 aliphatic rings. The molecule has 1 aromatic heterocycles. The first-order chi connectivity index (χ1) is 5.66. The largest absolute Gasteiger partial charge is 0.358 e. The van der Waals surface area contributed by atoms with Crippen molar-refractivity contribution in [1.29, 1.82) is 0 Å². The van der Waals surface area contributed by atoms with Crippen molar-refractivity contribution in [2.45, 2.75) is 13.0 Å². The Hall–Kier alpha value is -0.970. The molecule has 0 bridgehead atoms. The number of amides is 1. The van der Waals surface area contributed by atoms with Crippen molar-refractivity contribution >= 4 is 33.3 Å². The average Bonchev–Trinajstić information content (AvgIpc) is 2.30. The second-order valence-corrected chi connectivity index (χ2v) is 3.62. The molecule has 0 saturated heterocycles. The first kappa shape index (κ1) is 7.67. The van der Waals surface area contributed by atoms with E-state index in [9.17, 15) is 4.79 Å². The zero-order chi connectivity index (χ0) is 8.72. The highest BCUT2D eigenvalue weighted by Crippen LogP contribution is 2.29. The maximum Gasteiger partial charge on any atom is 0.246 e. The number of nitrogens with one attached hydrogen (secondary N) is 3. The van der Waals surface area contributed by atoms with Gasteiger partial charge in [-0.2, -0.15) is 0 Å². The van der Waals surface area contributed by atoms with Crippen molar-refractivity contribution in [3.63, 3.8) is 0 Å². The predicted molar refractivity (Wildman–Crippen MR) is 50.2 cm³/mol. The number of fused-ring (bicyclic) bond motifs is 1. The Morgan fingerprint density at radius 2 is 2.33 bits per heavy atom. The SMILES string of the molecule is CC1Nc2[nH]c(Br)cc2NC1=O. The molecule has 0 saturated carbocycles. The number of H-pyrrole nitrogens is 1. The fourth-order valence-electron chi connectivity index (χ4n) is 1.16. The van der Waals surface area contributed by atoms with Gasteiger partial charge in [0.1, 0.15) is 11.9 Å². The van der Waals surface area contributed by atoms with E-state index in [1.165, 1.54) is 0 Å². The van der Waals surface area contributed by atoms with Crippen LogP contribution in [0.1, 0.15) is 6.92 Å². The third-order valence-electron chi connectivity index (χ3n) is 1.80. The van der Waals surface area contributed by atoms with E-state index in [0.717, 1.165) is 16.1 Å². The molecule has 12 heavy (non-hydrogen) atoms. The molecule has 0 aromatic carbocycles. The van der Waals surface area contributed by atoms with Crippen LogP contribution in [0, 0.1) is 0 Å². The molecule has 1 aliphatic heterocycles. The van der Waals surface area contributed by atoms with Crippen LogP contribution in [0.25, 0.3) is 0 Å². The first-order valence-corrected chi connectivity index (χ1v) is 4.42. The van der Waals surface area contributed by atoms with E-state index < -0.39 is 0 Å². The monoisotopic (exact) mass is 229 g/mol. The van der Waals surface area contributed by atoms with Gasteiger partial charge in [0.05, 0.1) is 10.3 Å². The van der Waals surface area contributed by atoms with E-state index in [2.05, 4.69) is 31.5 Å². The number of aromatic nitrogens is 1. The summed E-state index contributed by atoms with van der Waals surface area (Å²) < 4.78 is 0.856. The summed E-state index contributed by atoms with van der Waals surface area (Å²) in [5.74, 6) is 0.850. The van der Waals surface area contributed by atoms with E-state index in [1.54, 1.807) is 0 Å². The van der Waals surface area contributed by atoms with E-state index in [-0.39, 0.29) is 11.9 Å². The summed E-state index contributed by atoms with van der Waals surface area (Å²) in [5.41, 5.74) is 0.796. The molecule has 1 amide bonds. The Balaban J connectivity index is 2.39. The number of hydrogen-bond acceptors (Lipinski definition) is 2. The number of hydrogen-bond donors (Lipinski definition) is 3. The van der Waals surface area contributed by atoms with Crippen LogP contribution in [0.3, 0.4) is 0 Å². The molecule has 1 aromatic rings. The summed E-state index contributed by atoms with van der Waals surface area (Å²) in [6.07, 6.45) is 0. The van der Waals surface area contributed by atoms with Gasteiger partial charge in [0.2, 0.25) is 5.91 Å². The zero-order valence-electron chi connectivity index (χ0n) is 6.44. The first-order valence-electron chi connectivity index (χ1n) is 3.63. The van der Waals surface area contributed by atoms with Gasteiger partial charge in [0.15, 0.2) is 0 Å². The second kappa shape index (κ2) is 2.52. The lowest BCUT2D eigenvalue weighted by molar-refractivity contribution is -0.116. The van der Waals surface area contributed by atoms with Crippen LogP contribution in [0.4, 0.5) is 11.5 Å². The zero-order valence-corrected chi connectivity index (χ0v) is 8.03. The Bertz CT molecular complexity index is 333. The van der Waals surface area contributed by atoms with Gasteiger partial charge >= 0.3 is 0 Å². The molecule has 0 radical (unpaired) electrons. The number of halogens is 1. The molecule has 64 valence electrons. The standard InChI is InChI=1S/C7H8BrN3O/c1-3-7(12)10-4-2-5(8)11-6(4)9-3/h2-3,9,11H,1H3,(H,10,12). The van der Waals surface area contributed by atoms with Crippen molar-refractivity contribution in [1.82, 2.24) is 4.98 Å². The van der Waals surface area contributed by atoms with Crippen molar-refractivity contribution < 1.29 is 4.79 Å². The van der Waals surface area contributed by atoms with Gasteiger partial charge in [-0.1, -0.05) is 0 Å². The van der Waals surface area contributed by atoms with Crippen LogP contribution in [0.5, 0.6) is 0 Å². The summed E-state index contributed by atoms with van der Waals surface area (Å²) in [7, 11) is 0. The lowest BCUT2D eigenvalue weighted by Gasteiger charge is -2.20. The summed E-state index contributed by atoms with van der Waals surface area (Å²) in [6.45, 7) is 1.81. The Morgan fingerprint density at radius 1 is 1.58 bits per heavy atom. The molecule has 2 heterocycles. The van der Waals surface area contributed by atoms with Crippen molar-refractivity contribution in [2.24, 2.45) is 0 Å². The molecule has 0 fully saturated rings. The number of aromatic amines is 1. The van der Waals surface area contributed by atoms with Crippen LogP contribution >= 0.6 is 15.9 Å². The highest BCUT2D eigenvalue weighted by molar-refractivity contribution is 9.10. The predicted octanol–water partition coefficient (Wildman–Crippen LogP) is 1.53. The topological polar surface area (TPSA) is 56.9 Å². The van der Waals surface area contributed by atoms with Crippen molar-refractivity contribution in [2.75, 3.05) is 10.6 Å². The maximum atomic E-state index is 11.2. The molecule has 1 atom stereocenters. The Labute approximate surface area is 77.9 Å². The minimum absolute atomic E-state index is 0.00556. The summed E-state index contributed by atoms with van der Waals surface area (Å²) in [6, 6.07) is 1.65. The quantitative estimate of drug-likeness (QED) is 0.633. The molecule has 2 rings (SSSR count). The van der Waals surface area contributed by atoms with Gasteiger partial charge in [-0.25, -0.2) is 0 Å². The van der Waals surface area contributed by atoms with E-state index in [4.69, 9.17) is 0 Å².